The van der Waals surface area contributed by atoms with Crippen LogP contribution in [-0.2, 0) is 0 Å². The van der Waals surface area contributed by atoms with E-state index in [1.54, 1.807) is 24.3 Å². The van der Waals surface area contributed by atoms with E-state index in [9.17, 15) is 9.18 Å². The van der Waals surface area contributed by atoms with Crippen LogP contribution in [0.15, 0.2) is 40.8 Å². The van der Waals surface area contributed by atoms with E-state index >= 15 is 0 Å². The Morgan fingerprint density at radius 1 is 1.25 bits per heavy atom. The van der Waals surface area contributed by atoms with Crippen molar-refractivity contribution in [2.45, 2.75) is 18.9 Å². The van der Waals surface area contributed by atoms with Crippen LogP contribution in [0, 0.1) is 11.7 Å². The van der Waals surface area contributed by atoms with E-state index in [2.05, 4.69) is 10.2 Å². The van der Waals surface area contributed by atoms with E-state index in [1.807, 2.05) is 0 Å². The van der Waals surface area contributed by atoms with Crippen LogP contribution >= 0.6 is 0 Å². The summed E-state index contributed by atoms with van der Waals surface area (Å²) in [5.74, 6) is 0.752. The molecule has 0 aliphatic carbocycles. The monoisotopic (exact) mass is 330 g/mol. The zero-order valence-corrected chi connectivity index (χ0v) is 13.2. The molecule has 126 valence electrons. The van der Waals surface area contributed by atoms with Gasteiger partial charge in [0.15, 0.2) is 0 Å². The van der Waals surface area contributed by atoms with Crippen molar-refractivity contribution in [1.82, 2.24) is 10.2 Å². The molecule has 2 bridgehead atoms. The third kappa shape index (κ3) is 3.14. The van der Waals surface area contributed by atoms with Crippen LogP contribution in [0.25, 0.3) is 11.3 Å². The van der Waals surface area contributed by atoms with Gasteiger partial charge in [-0.2, -0.15) is 0 Å². The number of fused-ring (bicyclic) bond motifs is 3. The van der Waals surface area contributed by atoms with Gasteiger partial charge in [-0.1, -0.05) is 12.1 Å². The normalized spacial score (nSPS) is 25.5. The van der Waals surface area contributed by atoms with Crippen LogP contribution < -0.4 is 10.1 Å². The Labute approximate surface area is 139 Å². The molecular formula is C18H19FN2O3. The van der Waals surface area contributed by atoms with Gasteiger partial charge in [0.1, 0.15) is 11.6 Å². The molecule has 0 spiro atoms. The second kappa shape index (κ2) is 6.28. The number of nitrogens with one attached hydrogen (secondary N) is 1. The van der Waals surface area contributed by atoms with E-state index in [4.69, 9.17) is 9.15 Å². The highest BCUT2D eigenvalue weighted by Crippen LogP contribution is 2.29. The Kier molecular flexibility index (Phi) is 3.98. The number of halogens is 1. The van der Waals surface area contributed by atoms with E-state index in [0.717, 1.165) is 32.5 Å². The summed E-state index contributed by atoms with van der Waals surface area (Å²) in [6, 6.07) is 9.44. The van der Waals surface area contributed by atoms with Gasteiger partial charge in [0, 0.05) is 24.2 Å². The van der Waals surface area contributed by atoms with Gasteiger partial charge in [-0.25, -0.2) is 9.18 Å². The summed E-state index contributed by atoms with van der Waals surface area (Å²) in [6.07, 6.45) is 1.74. The smallest absolute Gasteiger partial charge is 0.415 e. The highest BCUT2D eigenvalue weighted by molar-refractivity contribution is 5.70. The quantitative estimate of drug-likeness (QED) is 0.938. The number of benzene rings is 1. The molecule has 0 radical (unpaired) electrons. The maximum Gasteiger partial charge on any atom is 0.415 e. The largest absolute Gasteiger partial charge is 0.425 e. The number of ether oxygens (including phenoxy) is 1. The number of hydrogen-bond donors (Lipinski definition) is 1. The van der Waals surface area contributed by atoms with Gasteiger partial charge in [0.2, 0.25) is 0 Å². The number of hydrogen-bond acceptors (Lipinski definition) is 4. The molecule has 24 heavy (non-hydrogen) atoms. The Bertz CT molecular complexity index is 737. The summed E-state index contributed by atoms with van der Waals surface area (Å²) in [4.78, 5) is 14.4. The topological polar surface area (TPSA) is 54.7 Å². The number of rotatable bonds is 3. The molecule has 3 aliphatic rings. The van der Waals surface area contributed by atoms with Crippen molar-refractivity contribution in [3.8, 4) is 17.3 Å². The van der Waals surface area contributed by atoms with Crippen LogP contribution in [0.2, 0.25) is 0 Å². The van der Waals surface area contributed by atoms with E-state index in [-0.39, 0.29) is 17.8 Å². The predicted molar refractivity (Wildman–Crippen MR) is 86.2 cm³/mol. The molecule has 5 nitrogen and oxygen atoms in total. The van der Waals surface area contributed by atoms with Crippen LogP contribution in [0.5, 0.6) is 5.95 Å². The Hall–Kier alpha value is -2.34. The van der Waals surface area contributed by atoms with Gasteiger partial charge in [0.25, 0.3) is 5.95 Å². The second-order valence-corrected chi connectivity index (χ2v) is 6.41. The fourth-order valence-electron chi connectivity index (χ4n) is 3.57. The molecule has 1 atom stereocenters. The lowest BCUT2D eigenvalue weighted by Crippen LogP contribution is -2.57. The maximum atomic E-state index is 13.3. The third-order valence-corrected chi connectivity index (χ3v) is 4.84. The fourth-order valence-corrected chi connectivity index (χ4v) is 3.57. The van der Waals surface area contributed by atoms with Gasteiger partial charge in [0.05, 0.1) is 0 Å². The first-order chi connectivity index (χ1) is 11.7. The van der Waals surface area contributed by atoms with E-state index < -0.39 is 6.09 Å². The fraction of sp³-hybridized carbons (Fsp3) is 0.389. The third-order valence-electron chi connectivity index (χ3n) is 4.84. The molecule has 3 saturated heterocycles. The minimum Gasteiger partial charge on any atom is -0.425 e. The van der Waals surface area contributed by atoms with Crippen molar-refractivity contribution in [2.24, 2.45) is 5.92 Å². The van der Waals surface area contributed by atoms with Crippen LogP contribution in [-0.4, -0.2) is 36.7 Å². The second-order valence-electron chi connectivity index (χ2n) is 6.41. The Morgan fingerprint density at radius 3 is 2.79 bits per heavy atom. The Morgan fingerprint density at radius 2 is 2.08 bits per heavy atom. The van der Waals surface area contributed by atoms with Crippen molar-refractivity contribution in [2.75, 3.05) is 19.6 Å². The minimum absolute atomic E-state index is 0.105. The summed E-state index contributed by atoms with van der Waals surface area (Å²) in [6.45, 7) is 3.12. The molecule has 1 aromatic carbocycles. The van der Waals surface area contributed by atoms with Crippen molar-refractivity contribution in [3.05, 3.63) is 42.2 Å². The molecule has 3 fully saturated rings. The molecule has 6 heteroatoms. The van der Waals surface area contributed by atoms with E-state index in [0.29, 0.717) is 17.2 Å². The van der Waals surface area contributed by atoms with Crippen molar-refractivity contribution >= 4 is 6.09 Å². The SMILES string of the molecule is O=C(NC1CN2CCC1CC2)Oc1ccc(-c2cccc(F)c2)o1. The molecule has 1 aromatic heterocycles. The van der Waals surface area contributed by atoms with Crippen LogP contribution in [0.3, 0.4) is 0 Å². The standard InChI is InChI=1S/C18H19FN2O3/c19-14-3-1-2-13(10-14)16-4-5-17(23-16)24-18(22)20-15-11-21-8-6-12(15)7-9-21/h1-5,10,12,15H,6-9,11H2,(H,20,22). The Balaban J connectivity index is 1.38. The van der Waals surface area contributed by atoms with Gasteiger partial charge in [-0.05, 0) is 50.0 Å². The lowest BCUT2D eigenvalue weighted by atomic mass is 9.84. The number of piperidine rings is 3. The molecule has 1 N–H and O–H groups in total. The zero-order chi connectivity index (χ0) is 16.5. The summed E-state index contributed by atoms with van der Waals surface area (Å²) < 4.78 is 24.0. The molecule has 4 heterocycles. The molecule has 1 unspecified atom stereocenters. The highest BCUT2D eigenvalue weighted by atomic mass is 19.1. The first-order valence-corrected chi connectivity index (χ1v) is 8.24. The maximum absolute atomic E-state index is 13.3. The van der Waals surface area contributed by atoms with Gasteiger partial charge in [-0.15, -0.1) is 0 Å². The number of carbonyl (C=O) groups excluding carboxylic acids is 1. The number of amides is 1. The minimum atomic E-state index is -0.506. The molecular weight excluding hydrogens is 311 g/mol. The summed E-state index contributed by atoms with van der Waals surface area (Å²) in [5.41, 5.74) is 0.600. The van der Waals surface area contributed by atoms with Gasteiger partial charge >= 0.3 is 6.09 Å². The molecule has 5 rings (SSSR count). The molecule has 3 aliphatic heterocycles. The highest BCUT2D eigenvalue weighted by Gasteiger charge is 2.35. The van der Waals surface area contributed by atoms with Crippen LogP contribution in [0.4, 0.5) is 9.18 Å². The number of furan rings is 1. The van der Waals surface area contributed by atoms with Crippen molar-refractivity contribution < 1.29 is 18.3 Å². The first-order valence-electron chi connectivity index (χ1n) is 8.24. The van der Waals surface area contributed by atoms with Crippen molar-refractivity contribution in [3.63, 3.8) is 0 Å². The predicted octanol–water partition coefficient (Wildman–Crippen LogP) is 3.27. The molecule has 1 amide bonds. The van der Waals surface area contributed by atoms with Crippen LogP contribution in [0.1, 0.15) is 12.8 Å². The van der Waals surface area contributed by atoms with E-state index in [1.165, 1.54) is 12.1 Å². The van der Waals surface area contributed by atoms with Gasteiger partial charge in [-0.3, -0.25) is 0 Å². The van der Waals surface area contributed by atoms with Crippen molar-refractivity contribution in [1.29, 1.82) is 0 Å². The lowest BCUT2D eigenvalue weighted by molar-refractivity contribution is 0.0715. The molecule has 2 aromatic rings. The number of nitrogens with zero attached hydrogens (tertiary/aromatic N) is 1. The number of carbonyl (C=O) groups is 1. The lowest BCUT2D eigenvalue weighted by Gasteiger charge is -2.44. The summed E-state index contributed by atoms with van der Waals surface area (Å²) in [7, 11) is 0. The average molecular weight is 330 g/mol. The molecule has 0 saturated carbocycles. The first kappa shape index (κ1) is 15.2. The zero-order valence-electron chi connectivity index (χ0n) is 13.2. The van der Waals surface area contributed by atoms with Gasteiger partial charge < -0.3 is 19.4 Å². The summed E-state index contributed by atoms with van der Waals surface area (Å²) in [5, 5.41) is 2.93. The average Bonchev–Trinajstić information content (AvgIpc) is 3.04. The summed E-state index contributed by atoms with van der Waals surface area (Å²) >= 11 is 0.